The molecular formula is C28H31FN6O4. The molecule has 204 valence electrons. The van der Waals surface area contributed by atoms with Gasteiger partial charge in [0.1, 0.15) is 24.2 Å². The van der Waals surface area contributed by atoms with Crippen molar-refractivity contribution in [1.29, 1.82) is 0 Å². The molecule has 11 heteroatoms. The Morgan fingerprint density at radius 2 is 1.97 bits per heavy atom. The van der Waals surface area contributed by atoms with Crippen molar-refractivity contribution in [1.82, 2.24) is 14.9 Å². The molecule has 2 aromatic heterocycles. The van der Waals surface area contributed by atoms with Crippen LogP contribution in [-0.4, -0.2) is 59.2 Å². The van der Waals surface area contributed by atoms with E-state index in [9.17, 15) is 9.59 Å². The van der Waals surface area contributed by atoms with Crippen molar-refractivity contribution in [3.63, 3.8) is 0 Å². The molecule has 10 nitrogen and oxygen atoms in total. The van der Waals surface area contributed by atoms with Crippen LogP contribution in [-0.2, 0) is 9.53 Å². The second-order valence-electron chi connectivity index (χ2n) is 10.8. The monoisotopic (exact) mass is 534 g/mol. The first-order valence-corrected chi connectivity index (χ1v) is 13.2. The maximum absolute atomic E-state index is 15.4. The van der Waals surface area contributed by atoms with Crippen LogP contribution < -0.4 is 21.1 Å². The number of nitrogens with zero attached hydrogens (tertiary/aromatic N) is 3. The van der Waals surface area contributed by atoms with Gasteiger partial charge in [0, 0.05) is 55.5 Å². The first-order chi connectivity index (χ1) is 18.7. The van der Waals surface area contributed by atoms with Gasteiger partial charge in [-0.3, -0.25) is 10.1 Å². The summed E-state index contributed by atoms with van der Waals surface area (Å²) in [7, 11) is 0. The zero-order valence-corrected chi connectivity index (χ0v) is 22.0. The van der Waals surface area contributed by atoms with E-state index >= 15 is 4.39 Å². The summed E-state index contributed by atoms with van der Waals surface area (Å²) in [5.74, 6) is 0.323. The van der Waals surface area contributed by atoms with Crippen LogP contribution in [0.3, 0.4) is 0 Å². The fourth-order valence-electron chi connectivity index (χ4n) is 6.03. The number of nitrogens with one attached hydrogen (secondary N) is 2. The molecule has 2 fully saturated rings. The standard InChI is InChI=1S/C28H31FN6O4/c1-15-20(13-33-26-25(15)31-5-8-38-26)19-9-17-10-22(32-14-21(17)24(30)23(19)29)34-27(37)39-18-11-28(12-18)3-6-35(7-4-28)16(2)36/h9-10,13-14,18,31H,3-8,11-12,30H2,1-2H3,(H,32,34,37). The molecule has 1 saturated carbocycles. The number of carbonyl (C=O) groups excluding carboxylic acids is 2. The molecule has 0 bridgehead atoms. The molecule has 3 aromatic rings. The first kappa shape index (κ1) is 25.1. The third-order valence-corrected chi connectivity index (χ3v) is 8.33. The Kier molecular flexibility index (Phi) is 6.16. The minimum Gasteiger partial charge on any atom is -0.474 e. The second-order valence-corrected chi connectivity index (χ2v) is 10.8. The number of carbonyl (C=O) groups is 2. The number of rotatable bonds is 3. The van der Waals surface area contributed by atoms with Crippen LogP contribution >= 0.6 is 0 Å². The Labute approximate surface area is 225 Å². The highest BCUT2D eigenvalue weighted by Gasteiger charge is 2.47. The maximum Gasteiger partial charge on any atom is 0.413 e. The Hall–Kier alpha value is -4.15. The number of amides is 2. The van der Waals surface area contributed by atoms with Gasteiger partial charge in [-0.15, -0.1) is 0 Å². The zero-order chi connectivity index (χ0) is 27.3. The van der Waals surface area contributed by atoms with Gasteiger partial charge in [0.25, 0.3) is 0 Å². The highest BCUT2D eigenvalue weighted by molar-refractivity contribution is 5.99. The Balaban J connectivity index is 1.17. The summed E-state index contributed by atoms with van der Waals surface area (Å²) in [5, 5.41) is 7.02. The number of halogens is 1. The third kappa shape index (κ3) is 4.55. The second kappa shape index (κ2) is 9.55. The average Bonchev–Trinajstić information content (AvgIpc) is 2.90. The van der Waals surface area contributed by atoms with E-state index in [1.165, 1.54) is 6.20 Å². The molecule has 39 heavy (non-hydrogen) atoms. The summed E-state index contributed by atoms with van der Waals surface area (Å²) in [6.45, 7) is 6.14. The number of piperidine rings is 1. The van der Waals surface area contributed by atoms with Crippen molar-refractivity contribution in [2.24, 2.45) is 5.41 Å². The van der Waals surface area contributed by atoms with Crippen LogP contribution in [0.2, 0.25) is 0 Å². The van der Waals surface area contributed by atoms with Crippen molar-refractivity contribution < 1.29 is 23.5 Å². The predicted octanol–water partition coefficient (Wildman–Crippen LogP) is 4.47. The molecule has 0 atom stereocenters. The normalized spacial score (nSPS) is 18.1. The lowest BCUT2D eigenvalue weighted by Gasteiger charge is -2.51. The fraction of sp³-hybridized carbons (Fsp3) is 0.429. The summed E-state index contributed by atoms with van der Waals surface area (Å²) in [5.41, 5.74) is 8.73. The molecule has 1 spiro atoms. The van der Waals surface area contributed by atoms with Crippen molar-refractivity contribution in [3.8, 4) is 17.0 Å². The highest BCUT2D eigenvalue weighted by Crippen LogP contribution is 2.50. The quantitative estimate of drug-likeness (QED) is 0.420. The number of anilines is 3. The Bertz CT molecular complexity index is 1480. The number of nitrogens with two attached hydrogens (primary N) is 1. The van der Waals surface area contributed by atoms with Crippen LogP contribution in [0.1, 0.15) is 38.2 Å². The minimum atomic E-state index is -0.584. The summed E-state index contributed by atoms with van der Waals surface area (Å²) >= 11 is 0. The molecule has 0 unspecified atom stereocenters. The lowest BCUT2D eigenvalue weighted by atomic mass is 9.61. The molecular weight excluding hydrogens is 503 g/mol. The molecule has 6 rings (SSSR count). The van der Waals surface area contributed by atoms with E-state index in [1.807, 2.05) is 11.8 Å². The molecule has 4 N–H and O–H groups in total. The van der Waals surface area contributed by atoms with Gasteiger partial charge in [-0.2, -0.15) is 0 Å². The van der Waals surface area contributed by atoms with Crippen LogP contribution in [0.5, 0.6) is 5.88 Å². The smallest absolute Gasteiger partial charge is 0.413 e. The summed E-state index contributed by atoms with van der Waals surface area (Å²) in [4.78, 5) is 34.7. The minimum absolute atomic E-state index is 0.0268. The van der Waals surface area contributed by atoms with E-state index in [0.717, 1.165) is 50.0 Å². The summed E-state index contributed by atoms with van der Waals surface area (Å²) in [6, 6.07) is 3.33. The van der Waals surface area contributed by atoms with Crippen LogP contribution in [0, 0.1) is 18.2 Å². The van der Waals surface area contributed by atoms with Gasteiger partial charge < -0.3 is 25.4 Å². The first-order valence-electron chi connectivity index (χ1n) is 13.2. The van der Waals surface area contributed by atoms with E-state index in [0.29, 0.717) is 40.9 Å². The van der Waals surface area contributed by atoms with Gasteiger partial charge in [-0.1, -0.05) is 0 Å². The Morgan fingerprint density at radius 3 is 2.72 bits per heavy atom. The van der Waals surface area contributed by atoms with E-state index < -0.39 is 11.9 Å². The van der Waals surface area contributed by atoms with E-state index in [1.54, 1.807) is 25.3 Å². The van der Waals surface area contributed by atoms with Gasteiger partial charge >= 0.3 is 6.09 Å². The van der Waals surface area contributed by atoms with Gasteiger partial charge in [0.2, 0.25) is 11.8 Å². The SMILES string of the molecule is CC(=O)N1CCC2(CC1)CC(OC(=O)Nc1cc3cc(-c4cnc5c(c4C)NCCO5)c(F)c(N)c3cn1)C2. The van der Waals surface area contributed by atoms with Crippen molar-refractivity contribution in [2.75, 3.05) is 42.6 Å². The number of pyridine rings is 2. The Morgan fingerprint density at radius 1 is 1.21 bits per heavy atom. The fourth-order valence-corrected chi connectivity index (χ4v) is 6.03. The lowest BCUT2D eigenvalue weighted by molar-refractivity contribution is -0.134. The van der Waals surface area contributed by atoms with Gasteiger partial charge in [0.15, 0.2) is 5.82 Å². The van der Waals surface area contributed by atoms with Crippen LogP contribution in [0.4, 0.5) is 26.4 Å². The van der Waals surface area contributed by atoms with Gasteiger partial charge in [-0.05, 0) is 61.1 Å². The molecule has 1 aromatic carbocycles. The molecule has 1 aliphatic carbocycles. The molecule has 2 aliphatic heterocycles. The zero-order valence-electron chi connectivity index (χ0n) is 22.0. The van der Waals surface area contributed by atoms with Crippen molar-refractivity contribution in [2.45, 2.75) is 45.6 Å². The van der Waals surface area contributed by atoms with E-state index in [2.05, 4.69) is 20.6 Å². The average molecular weight is 535 g/mol. The number of nitrogen functional groups attached to an aromatic ring is 1. The number of aromatic nitrogens is 2. The number of fused-ring (bicyclic) bond motifs is 2. The largest absolute Gasteiger partial charge is 0.474 e. The van der Waals surface area contributed by atoms with Crippen LogP contribution in [0.15, 0.2) is 24.5 Å². The molecule has 2 amide bonds. The van der Waals surface area contributed by atoms with Crippen molar-refractivity contribution >= 4 is 40.0 Å². The highest BCUT2D eigenvalue weighted by atomic mass is 19.1. The maximum atomic E-state index is 15.4. The number of ether oxygens (including phenoxy) is 2. The van der Waals surface area contributed by atoms with Gasteiger partial charge in [-0.25, -0.2) is 19.2 Å². The molecule has 4 heterocycles. The van der Waals surface area contributed by atoms with E-state index in [4.69, 9.17) is 15.2 Å². The molecule has 3 aliphatic rings. The van der Waals surface area contributed by atoms with Gasteiger partial charge in [0.05, 0.1) is 5.69 Å². The third-order valence-electron chi connectivity index (χ3n) is 8.33. The summed E-state index contributed by atoms with van der Waals surface area (Å²) < 4.78 is 26.6. The van der Waals surface area contributed by atoms with Crippen molar-refractivity contribution in [3.05, 3.63) is 35.9 Å². The lowest BCUT2D eigenvalue weighted by Crippen LogP contribution is -2.51. The number of benzene rings is 1. The topological polar surface area (TPSA) is 132 Å². The number of likely N-dealkylation sites (tertiary alicyclic amines) is 1. The van der Waals surface area contributed by atoms with Crippen LogP contribution in [0.25, 0.3) is 21.9 Å². The summed E-state index contributed by atoms with van der Waals surface area (Å²) in [6.07, 6.45) is 5.74. The number of hydrogen-bond donors (Lipinski definition) is 3. The molecule has 1 saturated heterocycles. The number of hydrogen-bond acceptors (Lipinski definition) is 8. The predicted molar refractivity (Wildman–Crippen MR) is 145 cm³/mol. The molecule has 0 radical (unpaired) electrons. The van der Waals surface area contributed by atoms with E-state index in [-0.39, 0.29) is 28.9 Å².